The number of methoxy groups -OCH3 is 1. The third kappa shape index (κ3) is 7.79. The van der Waals surface area contributed by atoms with Gasteiger partial charge in [-0.15, -0.1) is 0 Å². The van der Waals surface area contributed by atoms with Crippen molar-refractivity contribution in [1.29, 1.82) is 0 Å². The molecule has 0 amide bonds. The number of non-ortho nitro benzene ring substituents is 1. The Morgan fingerprint density at radius 1 is 1.14 bits per heavy atom. The van der Waals surface area contributed by atoms with Gasteiger partial charge in [-0.25, -0.2) is 4.99 Å². The second kappa shape index (κ2) is 12.4. The third-order valence-corrected chi connectivity index (χ3v) is 4.17. The van der Waals surface area contributed by atoms with Crippen LogP contribution in [0.1, 0.15) is 24.5 Å². The van der Waals surface area contributed by atoms with E-state index in [-0.39, 0.29) is 5.69 Å². The fraction of sp³-hybridized carbons (Fsp3) is 0.381. The Bertz CT molecular complexity index is 794. The molecule has 2 rings (SSSR count). The SMILES string of the molecule is CCOCCCNC(=NCc1ccc([N+](=O)[O-])cc1)NCc1ccccc1OC. The first-order valence-corrected chi connectivity index (χ1v) is 9.59. The number of nitrogens with zero attached hydrogens (tertiary/aromatic N) is 2. The largest absolute Gasteiger partial charge is 0.496 e. The van der Waals surface area contributed by atoms with E-state index in [0.29, 0.717) is 32.3 Å². The molecule has 0 fully saturated rings. The van der Waals surface area contributed by atoms with E-state index in [1.54, 1.807) is 19.2 Å². The summed E-state index contributed by atoms with van der Waals surface area (Å²) in [7, 11) is 1.65. The Morgan fingerprint density at radius 2 is 1.90 bits per heavy atom. The van der Waals surface area contributed by atoms with Gasteiger partial charge in [-0.1, -0.05) is 30.3 Å². The lowest BCUT2D eigenvalue weighted by Crippen LogP contribution is -2.37. The van der Waals surface area contributed by atoms with Crippen LogP contribution in [0.2, 0.25) is 0 Å². The van der Waals surface area contributed by atoms with Crippen molar-refractivity contribution in [2.75, 3.05) is 26.9 Å². The lowest BCUT2D eigenvalue weighted by atomic mass is 10.2. The van der Waals surface area contributed by atoms with E-state index in [2.05, 4.69) is 15.6 Å². The number of benzene rings is 2. The highest BCUT2D eigenvalue weighted by Crippen LogP contribution is 2.16. The number of nitro groups is 1. The predicted octanol–water partition coefficient (Wildman–Crippen LogP) is 3.27. The van der Waals surface area contributed by atoms with E-state index in [4.69, 9.17) is 9.47 Å². The quantitative estimate of drug-likeness (QED) is 0.198. The van der Waals surface area contributed by atoms with Crippen molar-refractivity contribution in [3.63, 3.8) is 0 Å². The number of guanidine groups is 1. The monoisotopic (exact) mass is 400 g/mol. The van der Waals surface area contributed by atoms with Crippen LogP contribution in [0.3, 0.4) is 0 Å². The molecule has 29 heavy (non-hydrogen) atoms. The highest BCUT2D eigenvalue weighted by molar-refractivity contribution is 5.79. The van der Waals surface area contributed by atoms with Gasteiger partial charge in [-0.05, 0) is 25.0 Å². The van der Waals surface area contributed by atoms with Crippen molar-refractivity contribution in [2.24, 2.45) is 4.99 Å². The molecule has 8 heteroatoms. The topological polar surface area (TPSA) is 98.0 Å². The lowest BCUT2D eigenvalue weighted by Gasteiger charge is -2.14. The van der Waals surface area contributed by atoms with Crippen LogP contribution in [-0.4, -0.2) is 37.8 Å². The van der Waals surface area contributed by atoms with E-state index in [9.17, 15) is 10.1 Å². The average molecular weight is 400 g/mol. The van der Waals surface area contributed by atoms with Crippen molar-refractivity contribution in [2.45, 2.75) is 26.4 Å². The molecule has 0 bridgehead atoms. The molecule has 2 N–H and O–H groups in total. The standard InChI is InChI=1S/C21H28N4O4/c1-3-29-14-6-13-22-21(24-16-18-7-4-5-8-20(18)28-2)23-15-17-9-11-19(12-10-17)25(26)27/h4-5,7-12H,3,6,13-16H2,1-2H3,(H2,22,23,24). The summed E-state index contributed by atoms with van der Waals surface area (Å²) in [6.07, 6.45) is 0.862. The second-order valence-corrected chi connectivity index (χ2v) is 6.23. The molecule has 8 nitrogen and oxygen atoms in total. The summed E-state index contributed by atoms with van der Waals surface area (Å²) in [6, 6.07) is 14.2. The van der Waals surface area contributed by atoms with Gasteiger partial charge in [0.05, 0.1) is 18.6 Å². The van der Waals surface area contributed by atoms with Gasteiger partial charge >= 0.3 is 0 Å². The van der Waals surface area contributed by atoms with Gasteiger partial charge in [0, 0.05) is 44.0 Å². The predicted molar refractivity (Wildman–Crippen MR) is 113 cm³/mol. The number of nitrogens with one attached hydrogen (secondary N) is 2. The molecule has 0 spiro atoms. The summed E-state index contributed by atoms with van der Waals surface area (Å²) in [6.45, 7) is 5.04. The molecule has 0 unspecified atom stereocenters. The molecule has 0 radical (unpaired) electrons. The molecule has 0 aliphatic heterocycles. The maximum atomic E-state index is 10.8. The van der Waals surface area contributed by atoms with E-state index in [0.717, 1.165) is 29.8 Å². The molecule has 156 valence electrons. The Balaban J connectivity index is 2.00. The van der Waals surface area contributed by atoms with Gasteiger partial charge in [-0.2, -0.15) is 0 Å². The highest BCUT2D eigenvalue weighted by atomic mass is 16.6. The van der Waals surface area contributed by atoms with Gasteiger partial charge in [0.25, 0.3) is 5.69 Å². The fourth-order valence-corrected chi connectivity index (χ4v) is 2.62. The Labute approximate surface area is 171 Å². The minimum Gasteiger partial charge on any atom is -0.496 e. The van der Waals surface area contributed by atoms with Gasteiger partial charge in [0.2, 0.25) is 0 Å². The van der Waals surface area contributed by atoms with E-state index >= 15 is 0 Å². The number of hydrogen-bond donors (Lipinski definition) is 2. The first kappa shape index (κ1) is 22.2. The summed E-state index contributed by atoms with van der Waals surface area (Å²) in [5, 5.41) is 17.4. The number of rotatable bonds is 11. The van der Waals surface area contributed by atoms with Crippen LogP contribution >= 0.6 is 0 Å². The molecular weight excluding hydrogens is 372 g/mol. The molecule has 2 aromatic rings. The van der Waals surface area contributed by atoms with Crippen molar-refractivity contribution in [1.82, 2.24) is 10.6 Å². The van der Waals surface area contributed by atoms with E-state index < -0.39 is 4.92 Å². The first-order chi connectivity index (χ1) is 14.1. The van der Waals surface area contributed by atoms with Gasteiger partial charge in [0.1, 0.15) is 5.75 Å². The van der Waals surface area contributed by atoms with Crippen molar-refractivity contribution in [3.05, 3.63) is 69.8 Å². The fourth-order valence-electron chi connectivity index (χ4n) is 2.62. The Kier molecular flexibility index (Phi) is 9.44. The van der Waals surface area contributed by atoms with Crippen LogP contribution in [0, 0.1) is 10.1 Å². The molecule has 0 aromatic heterocycles. The summed E-state index contributed by atoms with van der Waals surface area (Å²) < 4.78 is 10.8. The average Bonchev–Trinajstić information content (AvgIpc) is 2.75. The lowest BCUT2D eigenvalue weighted by molar-refractivity contribution is -0.384. The van der Waals surface area contributed by atoms with Gasteiger partial charge in [0.15, 0.2) is 5.96 Å². The molecule has 0 heterocycles. The number of hydrogen-bond acceptors (Lipinski definition) is 5. The van der Waals surface area contributed by atoms with Crippen LogP contribution in [0.25, 0.3) is 0 Å². The Hall–Kier alpha value is -3.13. The summed E-state index contributed by atoms with van der Waals surface area (Å²) >= 11 is 0. The van der Waals surface area contributed by atoms with Gasteiger partial charge in [-0.3, -0.25) is 10.1 Å². The zero-order chi connectivity index (χ0) is 20.9. The zero-order valence-corrected chi connectivity index (χ0v) is 16.9. The molecule has 0 aliphatic rings. The van der Waals surface area contributed by atoms with Gasteiger partial charge < -0.3 is 20.1 Å². The maximum absolute atomic E-state index is 10.8. The second-order valence-electron chi connectivity index (χ2n) is 6.23. The molecule has 0 saturated heterocycles. The van der Waals surface area contributed by atoms with Crippen molar-refractivity contribution in [3.8, 4) is 5.75 Å². The molecule has 0 saturated carbocycles. The number of aliphatic imine (C=N–C) groups is 1. The van der Waals surface area contributed by atoms with Crippen molar-refractivity contribution < 1.29 is 14.4 Å². The van der Waals surface area contributed by atoms with E-state index in [1.807, 2.05) is 31.2 Å². The zero-order valence-electron chi connectivity index (χ0n) is 16.9. The Morgan fingerprint density at radius 3 is 2.59 bits per heavy atom. The maximum Gasteiger partial charge on any atom is 0.269 e. The molecule has 0 atom stereocenters. The van der Waals surface area contributed by atoms with E-state index in [1.165, 1.54) is 12.1 Å². The molecule has 0 aliphatic carbocycles. The number of ether oxygens (including phenoxy) is 2. The smallest absolute Gasteiger partial charge is 0.269 e. The summed E-state index contributed by atoms with van der Waals surface area (Å²) in [5.74, 6) is 1.47. The van der Waals surface area contributed by atoms with Crippen LogP contribution in [0.5, 0.6) is 5.75 Å². The molecule has 2 aromatic carbocycles. The normalized spacial score (nSPS) is 11.2. The highest BCUT2D eigenvalue weighted by Gasteiger charge is 2.06. The minimum atomic E-state index is -0.410. The third-order valence-electron chi connectivity index (χ3n) is 4.17. The summed E-state index contributed by atoms with van der Waals surface area (Å²) in [5.41, 5.74) is 1.98. The minimum absolute atomic E-state index is 0.0706. The van der Waals surface area contributed by atoms with Crippen LogP contribution in [0.4, 0.5) is 5.69 Å². The summed E-state index contributed by atoms with van der Waals surface area (Å²) in [4.78, 5) is 15.0. The van der Waals surface area contributed by atoms with Crippen molar-refractivity contribution >= 4 is 11.6 Å². The number of para-hydroxylation sites is 1. The van der Waals surface area contributed by atoms with Crippen LogP contribution in [-0.2, 0) is 17.8 Å². The van der Waals surface area contributed by atoms with Crippen LogP contribution < -0.4 is 15.4 Å². The number of nitro benzene ring substituents is 1. The first-order valence-electron chi connectivity index (χ1n) is 9.59. The van der Waals surface area contributed by atoms with Crippen LogP contribution in [0.15, 0.2) is 53.5 Å². The molecular formula is C21H28N4O4.